The van der Waals surface area contributed by atoms with Crippen LogP contribution in [0.15, 0.2) is 18.2 Å². The first-order valence-corrected chi connectivity index (χ1v) is 6.98. The lowest BCUT2D eigenvalue weighted by Gasteiger charge is -2.26. The molecule has 6 heteroatoms. The van der Waals surface area contributed by atoms with Crippen LogP contribution in [0.25, 0.3) is 11.4 Å². The van der Waals surface area contributed by atoms with E-state index in [1.807, 2.05) is 4.68 Å². The molecule has 1 heterocycles. The molecule has 0 spiro atoms. The normalized spacial score (nSPS) is 22.9. The summed E-state index contributed by atoms with van der Waals surface area (Å²) in [6, 6.07) is 4.63. The molecule has 0 radical (unpaired) electrons. The van der Waals surface area contributed by atoms with Crippen molar-refractivity contribution in [2.24, 2.45) is 5.92 Å². The molecule has 2 N–H and O–H groups in total. The van der Waals surface area contributed by atoms with Gasteiger partial charge < -0.3 is 5.73 Å². The number of anilines is 1. The number of rotatable bonds is 2. The summed E-state index contributed by atoms with van der Waals surface area (Å²) >= 11 is 0. The molecule has 0 bridgehead atoms. The smallest absolute Gasteiger partial charge is 0.184 e. The van der Waals surface area contributed by atoms with Gasteiger partial charge in [0.1, 0.15) is 5.82 Å². The second kappa shape index (κ2) is 5.19. The van der Waals surface area contributed by atoms with Crippen molar-refractivity contribution in [2.75, 3.05) is 5.73 Å². The molecule has 1 aromatic carbocycles. The zero-order chi connectivity index (χ0) is 14.1. The number of hydrogen-bond donors (Lipinski definition) is 1. The number of tetrazole rings is 1. The Morgan fingerprint density at radius 1 is 1.25 bits per heavy atom. The summed E-state index contributed by atoms with van der Waals surface area (Å²) in [5, 5.41) is 12.0. The molecule has 3 rings (SSSR count). The number of aromatic nitrogens is 4. The molecule has 5 nitrogen and oxygen atoms in total. The van der Waals surface area contributed by atoms with E-state index in [0.29, 0.717) is 23.1 Å². The van der Waals surface area contributed by atoms with E-state index in [2.05, 4.69) is 22.4 Å². The van der Waals surface area contributed by atoms with Crippen molar-refractivity contribution in [3.8, 4) is 11.4 Å². The van der Waals surface area contributed by atoms with E-state index in [1.165, 1.54) is 25.0 Å². The minimum Gasteiger partial charge on any atom is -0.398 e. The van der Waals surface area contributed by atoms with Crippen LogP contribution in [0, 0.1) is 11.7 Å². The first-order valence-electron chi connectivity index (χ1n) is 6.98. The molecule has 0 unspecified atom stereocenters. The highest BCUT2D eigenvalue weighted by atomic mass is 19.1. The molecule has 0 amide bonds. The predicted molar refractivity (Wildman–Crippen MR) is 74.3 cm³/mol. The van der Waals surface area contributed by atoms with Crippen molar-refractivity contribution >= 4 is 5.69 Å². The van der Waals surface area contributed by atoms with E-state index >= 15 is 0 Å². The first kappa shape index (κ1) is 13.0. The van der Waals surface area contributed by atoms with Crippen LogP contribution in [-0.2, 0) is 0 Å². The maximum atomic E-state index is 13.1. The average Bonchev–Trinajstić information content (AvgIpc) is 2.88. The van der Waals surface area contributed by atoms with Crippen molar-refractivity contribution < 1.29 is 4.39 Å². The van der Waals surface area contributed by atoms with Gasteiger partial charge in [-0.15, -0.1) is 5.10 Å². The lowest BCUT2D eigenvalue weighted by atomic mass is 9.87. The van der Waals surface area contributed by atoms with Crippen LogP contribution in [0.1, 0.15) is 38.6 Å². The Labute approximate surface area is 117 Å². The van der Waals surface area contributed by atoms with Gasteiger partial charge in [-0.3, -0.25) is 0 Å². The topological polar surface area (TPSA) is 69.6 Å². The van der Waals surface area contributed by atoms with Crippen LogP contribution in [-0.4, -0.2) is 20.2 Å². The lowest BCUT2D eigenvalue weighted by Crippen LogP contribution is -2.19. The van der Waals surface area contributed by atoms with E-state index in [-0.39, 0.29) is 5.82 Å². The van der Waals surface area contributed by atoms with Gasteiger partial charge in [-0.25, -0.2) is 9.07 Å². The fourth-order valence-corrected chi connectivity index (χ4v) is 2.84. The highest BCUT2D eigenvalue weighted by molar-refractivity contribution is 5.71. The van der Waals surface area contributed by atoms with Gasteiger partial charge in [0.25, 0.3) is 0 Å². The Balaban J connectivity index is 1.93. The second-order valence-corrected chi connectivity index (χ2v) is 5.59. The molecule has 1 aromatic heterocycles. The number of nitrogens with zero attached hydrogens (tertiary/aromatic N) is 4. The van der Waals surface area contributed by atoms with Crippen LogP contribution in [0.5, 0.6) is 0 Å². The summed E-state index contributed by atoms with van der Waals surface area (Å²) in [6.07, 6.45) is 4.51. The van der Waals surface area contributed by atoms with E-state index in [0.717, 1.165) is 18.8 Å². The number of halogens is 1. The number of nitrogens with two attached hydrogens (primary N) is 1. The van der Waals surface area contributed by atoms with Crippen LogP contribution < -0.4 is 5.73 Å². The van der Waals surface area contributed by atoms with Crippen LogP contribution >= 0.6 is 0 Å². The van der Waals surface area contributed by atoms with E-state index in [1.54, 1.807) is 6.07 Å². The van der Waals surface area contributed by atoms with Gasteiger partial charge in [0.2, 0.25) is 0 Å². The molecule has 2 aromatic rings. The molecule has 0 atom stereocenters. The molecule has 1 aliphatic rings. The molecule has 0 aliphatic heterocycles. The molecule has 0 saturated heterocycles. The van der Waals surface area contributed by atoms with Gasteiger partial charge >= 0.3 is 0 Å². The van der Waals surface area contributed by atoms with Gasteiger partial charge in [0.15, 0.2) is 5.82 Å². The van der Waals surface area contributed by atoms with E-state index in [9.17, 15) is 4.39 Å². The number of benzene rings is 1. The SMILES string of the molecule is CC1CCC(n2nnnc2-c2ccc(F)cc2N)CC1. The Kier molecular flexibility index (Phi) is 3.38. The van der Waals surface area contributed by atoms with Gasteiger partial charge in [-0.05, 0) is 60.2 Å². The van der Waals surface area contributed by atoms with Crippen molar-refractivity contribution in [3.05, 3.63) is 24.0 Å². The Morgan fingerprint density at radius 3 is 2.70 bits per heavy atom. The minimum atomic E-state index is -0.350. The van der Waals surface area contributed by atoms with Crippen molar-refractivity contribution in [1.82, 2.24) is 20.2 Å². The summed E-state index contributed by atoms with van der Waals surface area (Å²) in [5.74, 6) is 1.04. The van der Waals surface area contributed by atoms with Crippen molar-refractivity contribution in [3.63, 3.8) is 0 Å². The first-order chi connectivity index (χ1) is 9.65. The van der Waals surface area contributed by atoms with Crippen LogP contribution in [0.3, 0.4) is 0 Å². The monoisotopic (exact) mass is 275 g/mol. The Hall–Kier alpha value is -1.98. The second-order valence-electron chi connectivity index (χ2n) is 5.59. The largest absolute Gasteiger partial charge is 0.398 e. The zero-order valence-corrected chi connectivity index (χ0v) is 11.5. The third-order valence-electron chi connectivity index (χ3n) is 4.08. The fraction of sp³-hybridized carbons (Fsp3) is 0.500. The Morgan fingerprint density at radius 2 is 2.00 bits per heavy atom. The third-order valence-corrected chi connectivity index (χ3v) is 4.08. The quantitative estimate of drug-likeness (QED) is 0.856. The van der Waals surface area contributed by atoms with Gasteiger partial charge in [-0.1, -0.05) is 6.92 Å². The van der Waals surface area contributed by atoms with Crippen molar-refractivity contribution in [1.29, 1.82) is 0 Å². The summed E-state index contributed by atoms with van der Waals surface area (Å²) in [4.78, 5) is 0. The van der Waals surface area contributed by atoms with Crippen LogP contribution in [0.4, 0.5) is 10.1 Å². The highest BCUT2D eigenvalue weighted by Gasteiger charge is 2.24. The molecule has 1 saturated carbocycles. The molecule has 106 valence electrons. The molecular weight excluding hydrogens is 257 g/mol. The molecular formula is C14H18FN5. The summed E-state index contributed by atoms with van der Waals surface area (Å²) in [7, 11) is 0. The standard InChI is InChI=1S/C14H18FN5/c1-9-2-5-11(6-3-9)20-14(17-18-19-20)12-7-4-10(15)8-13(12)16/h4,7-9,11H,2-3,5-6,16H2,1H3. The minimum absolute atomic E-state index is 0.306. The lowest BCUT2D eigenvalue weighted by molar-refractivity contribution is 0.272. The van der Waals surface area contributed by atoms with Gasteiger partial charge in [0.05, 0.1) is 6.04 Å². The molecule has 20 heavy (non-hydrogen) atoms. The van der Waals surface area contributed by atoms with Gasteiger partial charge in [0, 0.05) is 11.3 Å². The number of hydrogen-bond acceptors (Lipinski definition) is 4. The summed E-state index contributed by atoms with van der Waals surface area (Å²) in [6.45, 7) is 2.27. The van der Waals surface area contributed by atoms with E-state index < -0.39 is 0 Å². The summed E-state index contributed by atoms with van der Waals surface area (Å²) in [5.41, 5.74) is 6.94. The van der Waals surface area contributed by atoms with Crippen molar-refractivity contribution in [2.45, 2.75) is 38.6 Å². The average molecular weight is 275 g/mol. The third kappa shape index (κ3) is 2.37. The molecule has 1 aliphatic carbocycles. The fourth-order valence-electron chi connectivity index (χ4n) is 2.84. The zero-order valence-electron chi connectivity index (χ0n) is 11.5. The maximum absolute atomic E-state index is 13.1. The summed E-state index contributed by atoms with van der Waals surface area (Å²) < 4.78 is 15.0. The predicted octanol–water partition coefficient (Wildman–Crippen LogP) is 2.81. The highest BCUT2D eigenvalue weighted by Crippen LogP contribution is 2.34. The number of nitrogen functional groups attached to an aromatic ring is 1. The maximum Gasteiger partial charge on any atom is 0.184 e. The van der Waals surface area contributed by atoms with Gasteiger partial charge in [-0.2, -0.15) is 0 Å². The van der Waals surface area contributed by atoms with E-state index in [4.69, 9.17) is 5.73 Å². The van der Waals surface area contributed by atoms with Crippen LogP contribution in [0.2, 0.25) is 0 Å². The Bertz CT molecular complexity index is 601. The molecule has 1 fully saturated rings.